The lowest BCUT2D eigenvalue weighted by Crippen LogP contribution is -2.13. The van der Waals surface area contributed by atoms with E-state index in [-0.39, 0.29) is 11.6 Å². The number of hydrogen-bond donors (Lipinski definition) is 2. The molecule has 2 atom stereocenters. The van der Waals surface area contributed by atoms with Crippen molar-refractivity contribution < 1.29 is 18.7 Å². The van der Waals surface area contributed by atoms with Gasteiger partial charge < -0.3 is 14.7 Å². The Morgan fingerprint density at radius 3 is 2.67 bits per heavy atom. The van der Waals surface area contributed by atoms with Crippen LogP contribution in [0.4, 0.5) is 8.78 Å². The number of carboxylic acid groups (broad SMARTS) is 1. The maximum atomic E-state index is 13.4. The van der Waals surface area contributed by atoms with Crippen LogP contribution < -0.4 is 0 Å². The predicted molar refractivity (Wildman–Crippen MR) is 72.0 cm³/mol. The fraction of sp³-hybridized carbons (Fsp3) is 0.286. The summed E-state index contributed by atoms with van der Waals surface area (Å²) in [6.45, 7) is 0.457. The SMILES string of the molecule is O=C(O)c1[nH]c(=S)n2c1C1CC1(c1cc(F)cc(F)c1)C2. The second-order valence-electron chi connectivity index (χ2n) is 5.65. The minimum Gasteiger partial charge on any atom is -0.477 e. The lowest BCUT2D eigenvalue weighted by atomic mass is 9.94. The molecule has 0 amide bonds. The van der Waals surface area contributed by atoms with Crippen molar-refractivity contribution in [2.24, 2.45) is 0 Å². The van der Waals surface area contributed by atoms with Crippen LogP contribution in [0.15, 0.2) is 18.2 Å². The zero-order valence-electron chi connectivity index (χ0n) is 10.7. The summed E-state index contributed by atoms with van der Waals surface area (Å²) in [5, 5.41) is 9.23. The van der Waals surface area contributed by atoms with Crippen LogP contribution in [0.1, 0.15) is 34.1 Å². The van der Waals surface area contributed by atoms with Gasteiger partial charge >= 0.3 is 5.97 Å². The summed E-state index contributed by atoms with van der Waals surface area (Å²) in [4.78, 5) is 14.0. The van der Waals surface area contributed by atoms with Crippen LogP contribution in [-0.4, -0.2) is 20.6 Å². The molecule has 1 aromatic carbocycles. The van der Waals surface area contributed by atoms with E-state index in [1.807, 2.05) is 0 Å². The van der Waals surface area contributed by atoms with E-state index in [9.17, 15) is 18.7 Å². The lowest BCUT2D eigenvalue weighted by Gasteiger charge is -2.13. The number of aromatic nitrogens is 2. The molecule has 2 heterocycles. The topological polar surface area (TPSA) is 58.0 Å². The van der Waals surface area contributed by atoms with Crippen molar-refractivity contribution >= 4 is 18.2 Å². The Morgan fingerprint density at radius 1 is 1.38 bits per heavy atom. The second kappa shape index (κ2) is 3.79. The molecule has 2 aliphatic rings. The number of fused-ring (bicyclic) bond motifs is 3. The Labute approximate surface area is 123 Å². The monoisotopic (exact) mass is 308 g/mol. The highest BCUT2D eigenvalue weighted by Crippen LogP contribution is 2.66. The van der Waals surface area contributed by atoms with Gasteiger partial charge in [0.2, 0.25) is 0 Å². The van der Waals surface area contributed by atoms with Crippen LogP contribution in [0.5, 0.6) is 0 Å². The minimum absolute atomic E-state index is 0.0576. The molecular formula is C14H10F2N2O2S. The number of carboxylic acids is 1. The van der Waals surface area contributed by atoms with Gasteiger partial charge in [0.1, 0.15) is 17.3 Å². The number of aromatic carboxylic acids is 1. The Bertz CT molecular complexity index is 837. The first kappa shape index (κ1) is 12.7. The molecule has 4 rings (SSSR count). The molecule has 108 valence electrons. The molecule has 1 aliphatic heterocycles. The zero-order valence-corrected chi connectivity index (χ0v) is 11.5. The number of hydrogen-bond acceptors (Lipinski definition) is 2. The summed E-state index contributed by atoms with van der Waals surface area (Å²) in [5.41, 5.74) is 0.864. The van der Waals surface area contributed by atoms with Gasteiger partial charge in [0, 0.05) is 23.9 Å². The average Bonchev–Trinajstić information content (AvgIpc) is 2.88. The van der Waals surface area contributed by atoms with Crippen LogP contribution in [0.25, 0.3) is 0 Å². The van der Waals surface area contributed by atoms with Gasteiger partial charge in [-0.2, -0.15) is 0 Å². The number of carbonyl (C=O) groups is 1. The van der Waals surface area contributed by atoms with Crippen LogP contribution in [0.3, 0.4) is 0 Å². The molecule has 1 aromatic heterocycles. The van der Waals surface area contributed by atoms with E-state index in [1.54, 1.807) is 4.57 Å². The number of aromatic amines is 1. The standard InChI is InChI=1S/C14H10F2N2O2S/c15-7-1-6(2-8(16)3-7)14-4-9(14)11-10(12(19)20)17-13(21)18(11)5-14/h1-3,9H,4-5H2,(H,17,21)(H,19,20). The van der Waals surface area contributed by atoms with Gasteiger partial charge in [0.15, 0.2) is 4.77 Å². The normalized spacial score (nSPS) is 25.5. The molecule has 1 aliphatic carbocycles. The molecule has 0 spiro atoms. The maximum Gasteiger partial charge on any atom is 0.354 e. The molecular weight excluding hydrogens is 298 g/mol. The highest BCUT2D eigenvalue weighted by atomic mass is 32.1. The highest BCUT2D eigenvalue weighted by molar-refractivity contribution is 7.71. The smallest absolute Gasteiger partial charge is 0.354 e. The van der Waals surface area contributed by atoms with Crippen LogP contribution >= 0.6 is 12.2 Å². The van der Waals surface area contributed by atoms with Gasteiger partial charge in [-0.25, -0.2) is 13.6 Å². The van der Waals surface area contributed by atoms with Gasteiger partial charge in [0.05, 0.1) is 5.69 Å². The van der Waals surface area contributed by atoms with E-state index in [1.165, 1.54) is 12.1 Å². The number of nitrogens with one attached hydrogen (secondary N) is 1. The quantitative estimate of drug-likeness (QED) is 0.839. The predicted octanol–water partition coefficient (Wildman–Crippen LogP) is 2.96. The summed E-state index contributed by atoms with van der Waals surface area (Å²) in [5.74, 6) is -2.36. The lowest BCUT2D eigenvalue weighted by molar-refractivity contribution is 0.0689. The fourth-order valence-electron chi connectivity index (χ4n) is 3.54. The summed E-state index contributed by atoms with van der Waals surface area (Å²) in [6, 6.07) is 3.48. The molecule has 1 saturated carbocycles. The Balaban J connectivity index is 1.84. The molecule has 1 fully saturated rings. The third-order valence-corrected chi connectivity index (χ3v) is 4.84. The average molecular weight is 308 g/mol. The minimum atomic E-state index is -1.07. The van der Waals surface area contributed by atoms with Gasteiger partial charge in [-0.1, -0.05) is 0 Å². The first-order chi connectivity index (χ1) is 9.92. The second-order valence-corrected chi connectivity index (χ2v) is 6.04. The number of H-pyrrole nitrogens is 1. The third kappa shape index (κ3) is 1.58. The van der Waals surface area contributed by atoms with Crippen molar-refractivity contribution in [3.05, 3.63) is 51.6 Å². The summed E-state index contributed by atoms with van der Waals surface area (Å²) in [6.07, 6.45) is 0.683. The van der Waals surface area contributed by atoms with Crippen molar-refractivity contribution in [1.29, 1.82) is 0 Å². The van der Waals surface area contributed by atoms with Crippen molar-refractivity contribution in [1.82, 2.24) is 9.55 Å². The number of halogens is 2. The van der Waals surface area contributed by atoms with E-state index < -0.39 is 23.0 Å². The van der Waals surface area contributed by atoms with Crippen LogP contribution in [0.2, 0.25) is 0 Å². The number of benzene rings is 1. The first-order valence-corrected chi connectivity index (χ1v) is 6.86. The first-order valence-electron chi connectivity index (χ1n) is 6.45. The van der Waals surface area contributed by atoms with Crippen LogP contribution in [0, 0.1) is 16.4 Å². The molecule has 4 nitrogen and oxygen atoms in total. The van der Waals surface area contributed by atoms with Crippen LogP contribution in [-0.2, 0) is 12.0 Å². The Morgan fingerprint density at radius 2 is 2.05 bits per heavy atom. The third-order valence-electron chi connectivity index (χ3n) is 4.52. The van der Waals surface area contributed by atoms with Gasteiger partial charge in [0.25, 0.3) is 0 Å². The highest BCUT2D eigenvalue weighted by Gasteiger charge is 2.63. The fourth-order valence-corrected chi connectivity index (χ4v) is 3.80. The largest absolute Gasteiger partial charge is 0.477 e. The molecule has 0 bridgehead atoms. The van der Waals surface area contributed by atoms with Crippen molar-refractivity contribution in [2.45, 2.75) is 24.3 Å². The Kier molecular flexibility index (Phi) is 2.29. The van der Waals surface area contributed by atoms with Crippen molar-refractivity contribution in [3.8, 4) is 0 Å². The summed E-state index contributed by atoms with van der Waals surface area (Å²) >= 11 is 5.14. The number of nitrogens with zero attached hydrogens (tertiary/aromatic N) is 1. The molecule has 21 heavy (non-hydrogen) atoms. The molecule has 0 saturated heterocycles. The number of imidazole rings is 1. The Hall–Kier alpha value is -2.02. The van der Waals surface area contributed by atoms with Gasteiger partial charge in [-0.05, 0) is 36.3 Å². The molecule has 7 heteroatoms. The summed E-state index contributed by atoms with van der Waals surface area (Å²) in [7, 11) is 0. The van der Waals surface area contributed by atoms with Gasteiger partial charge in [-0.3, -0.25) is 0 Å². The summed E-state index contributed by atoms with van der Waals surface area (Å²) < 4.78 is 29.0. The molecule has 0 radical (unpaired) electrons. The van der Waals surface area contributed by atoms with Crippen molar-refractivity contribution in [3.63, 3.8) is 0 Å². The maximum absolute atomic E-state index is 13.4. The molecule has 2 aromatic rings. The van der Waals surface area contributed by atoms with E-state index in [0.29, 0.717) is 29.0 Å². The number of rotatable bonds is 2. The van der Waals surface area contributed by atoms with Crippen molar-refractivity contribution in [2.75, 3.05) is 0 Å². The van der Waals surface area contributed by atoms with E-state index >= 15 is 0 Å². The van der Waals surface area contributed by atoms with E-state index in [4.69, 9.17) is 12.2 Å². The van der Waals surface area contributed by atoms with Gasteiger partial charge in [-0.15, -0.1) is 0 Å². The van der Waals surface area contributed by atoms with E-state index in [2.05, 4.69) is 4.98 Å². The molecule has 2 unspecified atom stereocenters. The zero-order chi connectivity index (χ0) is 14.9. The van der Waals surface area contributed by atoms with E-state index in [0.717, 1.165) is 6.07 Å². The molecule has 2 N–H and O–H groups in total.